The largest absolute Gasteiger partial charge is 0.395 e. The Kier molecular flexibility index (Phi) is 5.39. The summed E-state index contributed by atoms with van der Waals surface area (Å²) in [5, 5.41) is 11.4. The third kappa shape index (κ3) is 4.84. The summed E-state index contributed by atoms with van der Waals surface area (Å²) in [6, 6.07) is 3.47. The smallest absolute Gasteiger partial charge is 0.261 e. The Morgan fingerprint density at radius 3 is 2.95 bits per heavy atom. The summed E-state index contributed by atoms with van der Waals surface area (Å²) in [5.74, 6) is 5.88. The first kappa shape index (κ1) is 16.0. The van der Waals surface area contributed by atoms with Crippen molar-refractivity contribution in [3.63, 3.8) is 0 Å². The Bertz CT molecular complexity index is 667. The molecule has 0 aromatic carbocycles. The number of aliphatic hydroxyl groups excluding tert-OH is 1. The minimum Gasteiger partial charge on any atom is -0.395 e. The molecule has 1 aromatic rings. The summed E-state index contributed by atoms with van der Waals surface area (Å²) < 4.78 is 22.7. The maximum atomic E-state index is 12.0. The van der Waals surface area contributed by atoms with Gasteiger partial charge in [0.2, 0.25) is 0 Å². The maximum absolute atomic E-state index is 12.0. The van der Waals surface area contributed by atoms with Gasteiger partial charge < -0.3 is 10.4 Å². The fourth-order valence-electron chi connectivity index (χ4n) is 2.09. The molecule has 1 amide bonds. The molecule has 5 nitrogen and oxygen atoms in total. The van der Waals surface area contributed by atoms with Gasteiger partial charge in [0.25, 0.3) is 5.91 Å². The first-order valence-corrected chi connectivity index (χ1v) is 9.32. The van der Waals surface area contributed by atoms with Gasteiger partial charge in [0, 0.05) is 13.0 Å². The van der Waals surface area contributed by atoms with E-state index >= 15 is 0 Å². The minimum absolute atomic E-state index is 0.0164. The van der Waals surface area contributed by atoms with E-state index < -0.39 is 9.84 Å². The molecular formula is C14H17NO4S2. The number of amides is 1. The van der Waals surface area contributed by atoms with Gasteiger partial charge >= 0.3 is 0 Å². The molecule has 114 valence electrons. The van der Waals surface area contributed by atoms with Gasteiger partial charge in [0.1, 0.15) is 0 Å². The molecule has 0 saturated carbocycles. The topological polar surface area (TPSA) is 83.5 Å². The summed E-state index contributed by atoms with van der Waals surface area (Å²) in [4.78, 5) is 13.3. The molecule has 0 bridgehead atoms. The van der Waals surface area contributed by atoms with Gasteiger partial charge in [-0.2, -0.15) is 0 Å². The zero-order chi connectivity index (χ0) is 15.3. The summed E-state index contributed by atoms with van der Waals surface area (Å²) in [6.07, 6.45) is 1.03. The zero-order valence-corrected chi connectivity index (χ0v) is 13.1. The van der Waals surface area contributed by atoms with E-state index in [9.17, 15) is 13.2 Å². The highest BCUT2D eigenvalue weighted by Gasteiger charge is 2.28. The van der Waals surface area contributed by atoms with Crippen molar-refractivity contribution < 1.29 is 18.3 Å². The number of sulfone groups is 1. The van der Waals surface area contributed by atoms with Crippen LogP contribution in [0.2, 0.25) is 0 Å². The number of carbonyl (C=O) groups excluding carboxylic acids is 1. The standard InChI is InChI=1S/C14H17NO4S2/c16-7-2-1-3-12-4-5-13(20-12)14(17)15-9-11-6-8-21(18,19)10-11/h4-5,11,16H,2,6-10H2,(H,15,17). The van der Waals surface area contributed by atoms with E-state index in [0.717, 1.165) is 4.88 Å². The number of hydrogen-bond acceptors (Lipinski definition) is 5. The summed E-state index contributed by atoms with van der Waals surface area (Å²) in [7, 11) is -2.90. The molecule has 0 spiro atoms. The van der Waals surface area contributed by atoms with Crippen LogP contribution in [0.1, 0.15) is 27.4 Å². The predicted octanol–water partition coefficient (Wildman–Crippen LogP) is 0.647. The van der Waals surface area contributed by atoms with Crippen LogP contribution in [0.4, 0.5) is 0 Å². The zero-order valence-electron chi connectivity index (χ0n) is 11.5. The van der Waals surface area contributed by atoms with Crippen LogP contribution in [0.15, 0.2) is 12.1 Å². The van der Waals surface area contributed by atoms with Gasteiger partial charge in [-0.3, -0.25) is 4.79 Å². The van der Waals surface area contributed by atoms with Crippen LogP contribution in [0.25, 0.3) is 0 Å². The molecule has 2 rings (SSSR count). The van der Waals surface area contributed by atoms with Crippen molar-refractivity contribution in [2.24, 2.45) is 5.92 Å². The molecule has 7 heteroatoms. The van der Waals surface area contributed by atoms with Crippen molar-refractivity contribution in [2.75, 3.05) is 24.7 Å². The van der Waals surface area contributed by atoms with Crippen molar-refractivity contribution in [1.82, 2.24) is 5.32 Å². The van der Waals surface area contributed by atoms with E-state index in [-0.39, 0.29) is 29.9 Å². The van der Waals surface area contributed by atoms with Gasteiger partial charge in [-0.1, -0.05) is 11.8 Å². The SMILES string of the molecule is O=C(NCC1CCS(=O)(=O)C1)c1ccc(C#CCCO)s1. The van der Waals surface area contributed by atoms with Crippen LogP contribution in [0.5, 0.6) is 0 Å². The molecule has 2 heterocycles. The van der Waals surface area contributed by atoms with Crippen LogP contribution >= 0.6 is 11.3 Å². The first-order chi connectivity index (χ1) is 10.00. The second-order valence-electron chi connectivity index (χ2n) is 4.92. The maximum Gasteiger partial charge on any atom is 0.261 e. The third-order valence-electron chi connectivity index (χ3n) is 3.16. The van der Waals surface area contributed by atoms with Crippen LogP contribution in [0, 0.1) is 17.8 Å². The molecule has 1 aromatic heterocycles. The van der Waals surface area contributed by atoms with Crippen molar-refractivity contribution in [3.05, 3.63) is 21.9 Å². The number of nitrogens with one attached hydrogen (secondary N) is 1. The average molecular weight is 327 g/mol. The molecule has 2 N–H and O–H groups in total. The van der Waals surface area contributed by atoms with Gasteiger partial charge in [0.15, 0.2) is 9.84 Å². The normalized spacial score (nSPS) is 19.8. The lowest BCUT2D eigenvalue weighted by atomic mass is 10.1. The van der Waals surface area contributed by atoms with Gasteiger partial charge in [-0.05, 0) is 24.5 Å². The Morgan fingerprint density at radius 2 is 2.29 bits per heavy atom. The molecule has 0 aliphatic carbocycles. The van der Waals surface area contributed by atoms with Gasteiger partial charge in [-0.15, -0.1) is 11.3 Å². The molecule has 0 radical (unpaired) electrons. The monoisotopic (exact) mass is 327 g/mol. The molecule has 1 atom stereocenters. The third-order valence-corrected chi connectivity index (χ3v) is 5.99. The highest BCUT2D eigenvalue weighted by atomic mass is 32.2. The lowest BCUT2D eigenvalue weighted by Crippen LogP contribution is -2.29. The molecule has 21 heavy (non-hydrogen) atoms. The lowest BCUT2D eigenvalue weighted by molar-refractivity contribution is 0.0952. The highest BCUT2D eigenvalue weighted by Crippen LogP contribution is 2.18. The summed E-state index contributed by atoms with van der Waals surface area (Å²) in [5.41, 5.74) is 0. The van der Waals surface area contributed by atoms with Crippen LogP contribution in [0.3, 0.4) is 0 Å². The molecule has 1 fully saturated rings. The van der Waals surface area contributed by atoms with Crippen LogP contribution in [-0.4, -0.2) is 44.1 Å². The van der Waals surface area contributed by atoms with Crippen LogP contribution in [-0.2, 0) is 9.84 Å². The number of hydrogen-bond donors (Lipinski definition) is 2. The quantitative estimate of drug-likeness (QED) is 0.795. The number of aliphatic hydroxyl groups is 1. The Hall–Kier alpha value is -1.36. The summed E-state index contributed by atoms with van der Waals surface area (Å²) in [6.45, 7) is 0.414. The van der Waals surface area contributed by atoms with Crippen molar-refractivity contribution >= 4 is 27.1 Å². The van der Waals surface area contributed by atoms with Gasteiger partial charge in [-0.25, -0.2) is 8.42 Å². The molecular weight excluding hydrogens is 310 g/mol. The fourth-order valence-corrected chi connectivity index (χ4v) is 4.75. The predicted molar refractivity (Wildman–Crippen MR) is 82.0 cm³/mol. The van der Waals surface area contributed by atoms with Gasteiger partial charge in [0.05, 0.1) is 27.9 Å². The minimum atomic E-state index is -2.90. The van der Waals surface area contributed by atoms with E-state index in [1.165, 1.54) is 11.3 Å². The highest BCUT2D eigenvalue weighted by molar-refractivity contribution is 7.91. The van der Waals surface area contributed by atoms with E-state index in [4.69, 9.17) is 5.11 Å². The molecule has 1 unspecified atom stereocenters. The average Bonchev–Trinajstić information content (AvgIpc) is 3.03. The van der Waals surface area contributed by atoms with Crippen LogP contribution < -0.4 is 5.32 Å². The number of carbonyl (C=O) groups is 1. The van der Waals surface area contributed by atoms with Crippen molar-refractivity contribution in [2.45, 2.75) is 12.8 Å². The Morgan fingerprint density at radius 1 is 1.48 bits per heavy atom. The second-order valence-corrected chi connectivity index (χ2v) is 8.23. The Balaban J connectivity index is 1.85. The van der Waals surface area contributed by atoms with E-state index in [1.54, 1.807) is 12.1 Å². The molecule has 1 aliphatic rings. The van der Waals surface area contributed by atoms with Crippen molar-refractivity contribution in [3.8, 4) is 11.8 Å². The molecule has 1 saturated heterocycles. The lowest BCUT2D eigenvalue weighted by Gasteiger charge is -2.08. The van der Waals surface area contributed by atoms with E-state index in [2.05, 4.69) is 17.2 Å². The first-order valence-electron chi connectivity index (χ1n) is 6.68. The fraction of sp³-hybridized carbons (Fsp3) is 0.500. The second kappa shape index (κ2) is 7.07. The number of rotatable bonds is 4. The van der Waals surface area contributed by atoms with E-state index in [1.807, 2.05) is 0 Å². The Labute approximate surface area is 128 Å². The van der Waals surface area contributed by atoms with Crippen molar-refractivity contribution in [1.29, 1.82) is 0 Å². The molecule has 1 aliphatic heterocycles. The van der Waals surface area contributed by atoms with E-state index in [0.29, 0.717) is 24.3 Å². The summed E-state index contributed by atoms with van der Waals surface area (Å²) >= 11 is 1.29. The number of thiophene rings is 1.